The van der Waals surface area contributed by atoms with E-state index in [0.717, 1.165) is 17.9 Å². The first kappa shape index (κ1) is 10.2. The molecule has 11 heavy (non-hydrogen) atoms. The van der Waals surface area contributed by atoms with Gasteiger partial charge in [-0.15, -0.1) is 0 Å². The first-order valence-corrected chi connectivity index (χ1v) is 3.98. The summed E-state index contributed by atoms with van der Waals surface area (Å²) in [6.45, 7) is 11.8. The molecule has 0 unspecified atom stereocenters. The molecule has 0 atom stereocenters. The van der Waals surface area contributed by atoms with Crippen LogP contribution in [0.5, 0.6) is 0 Å². The summed E-state index contributed by atoms with van der Waals surface area (Å²) >= 11 is 0. The molecule has 0 heterocycles. The van der Waals surface area contributed by atoms with E-state index in [-0.39, 0.29) is 0 Å². The van der Waals surface area contributed by atoms with Crippen molar-refractivity contribution in [2.75, 3.05) is 0 Å². The van der Waals surface area contributed by atoms with Gasteiger partial charge in [0.1, 0.15) is 0 Å². The van der Waals surface area contributed by atoms with E-state index in [9.17, 15) is 0 Å². The fourth-order valence-electron chi connectivity index (χ4n) is 0.697. The lowest BCUT2D eigenvalue weighted by molar-refractivity contribution is 0.591. The lowest BCUT2D eigenvalue weighted by Gasteiger charge is -2.02. The molecule has 0 rings (SSSR count). The van der Waals surface area contributed by atoms with Crippen LogP contribution in [0, 0.1) is 5.92 Å². The van der Waals surface area contributed by atoms with E-state index in [0.29, 0.717) is 0 Å². The Balaban J connectivity index is 3.53. The predicted octanol–water partition coefficient (Wildman–Crippen LogP) is 3.19. The van der Waals surface area contributed by atoms with Gasteiger partial charge in [-0.2, -0.15) is 0 Å². The van der Waals surface area contributed by atoms with E-state index in [4.69, 9.17) is 0 Å². The number of hydrogen-bond donors (Lipinski definition) is 0. The van der Waals surface area contributed by atoms with Crippen molar-refractivity contribution in [1.82, 2.24) is 0 Å². The van der Waals surface area contributed by atoms with Crippen LogP contribution in [-0.2, 0) is 0 Å². The fraction of sp³-hybridized carbons (Fsp3) is 0.500. The smallest absolute Gasteiger partial charge is 0.0293 e. The molecule has 0 radical (unpaired) electrons. The van der Waals surface area contributed by atoms with Crippen molar-refractivity contribution in [3.8, 4) is 0 Å². The Hall–Kier alpha value is -0.850. The van der Waals surface area contributed by atoms with Crippen LogP contribution in [0.3, 0.4) is 0 Å². The standard InChI is InChI=1S/C10H17N/c1-5-11-8-10(4)7-6-9(2)3/h5,8-9H,1,4,6-7H2,2-3H3. The molecule has 0 aliphatic carbocycles. The van der Waals surface area contributed by atoms with E-state index < -0.39 is 0 Å². The fourth-order valence-corrected chi connectivity index (χ4v) is 0.697. The summed E-state index contributed by atoms with van der Waals surface area (Å²) in [5, 5.41) is 0. The van der Waals surface area contributed by atoms with Crippen molar-refractivity contribution in [3.63, 3.8) is 0 Å². The van der Waals surface area contributed by atoms with Gasteiger partial charge in [0.05, 0.1) is 0 Å². The average molecular weight is 151 g/mol. The Morgan fingerprint density at radius 3 is 2.64 bits per heavy atom. The Labute approximate surface area is 69.5 Å². The Kier molecular flexibility index (Phi) is 5.44. The van der Waals surface area contributed by atoms with E-state index in [1.54, 1.807) is 6.21 Å². The maximum absolute atomic E-state index is 3.89. The molecule has 62 valence electrons. The van der Waals surface area contributed by atoms with Gasteiger partial charge in [0, 0.05) is 12.4 Å². The summed E-state index contributed by atoms with van der Waals surface area (Å²) in [6.07, 6.45) is 5.52. The first-order valence-electron chi connectivity index (χ1n) is 3.98. The molecule has 0 aromatic carbocycles. The van der Waals surface area contributed by atoms with Gasteiger partial charge in [0.25, 0.3) is 0 Å². The molecule has 0 amide bonds. The van der Waals surface area contributed by atoms with E-state index >= 15 is 0 Å². The van der Waals surface area contributed by atoms with Crippen molar-refractivity contribution in [1.29, 1.82) is 0 Å². The zero-order chi connectivity index (χ0) is 8.69. The molecule has 0 aromatic rings. The van der Waals surface area contributed by atoms with Gasteiger partial charge < -0.3 is 0 Å². The zero-order valence-corrected chi connectivity index (χ0v) is 7.51. The van der Waals surface area contributed by atoms with Gasteiger partial charge in [-0.25, -0.2) is 0 Å². The molecule has 0 aliphatic rings. The monoisotopic (exact) mass is 151 g/mol. The van der Waals surface area contributed by atoms with Gasteiger partial charge in [0.15, 0.2) is 0 Å². The second kappa shape index (κ2) is 5.90. The topological polar surface area (TPSA) is 12.4 Å². The third-order valence-corrected chi connectivity index (χ3v) is 1.41. The first-order chi connectivity index (χ1) is 5.16. The summed E-state index contributed by atoms with van der Waals surface area (Å²) in [4.78, 5) is 3.89. The van der Waals surface area contributed by atoms with E-state index in [1.165, 1.54) is 12.6 Å². The normalized spacial score (nSPS) is 10.8. The van der Waals surface area contributed by atoms with Gasteiger partial charge in [-0.05, 0) is 24.3 Å². The van der Waals surface area contributed by atoms with Crippen molar-refractivity contribution >= 4 is 6.21 Å². The quantitative estimate of drug-likeness (QED) is 0.535. The predicted molar refractivity (Wildman–Crippen MR) is 51.9 cm³/mol. The Morgan fingerprint density at radius 1 is 1.55 bits per heavy atom. The number of aliphatic imine (C=N–C) groups is 1. The highest BCUT2D eigenvalue weighted by Crippen LogP contribution is 2.07. The molecule has 1 nitrogen and oxygen atoms in total. The maximum Gasteiger partial charge on any atom is 0.0293 e. The second-order valence-corrected chi connectivity index (χ2v) is 3.05. The molecule has 0 spiro atoms. The molecular weight excluding hydrogens is 134 g/mol. The summed E-state index contributed by atoms with van der Waals surface area (Å²) in [5.74, 6) is 0.740. The maximum atomic E-state index is 3.89. The summed E-state index contributed by atoms with van der Waals surface area (Å²) in [7, 11) is 0. The molecule has 0 N–H and O–H groups in total. The van der Waals surface area contributed by atoms with Crippen LogP contribution in [0.25, 0.3) is 0 Å². The largest absolute Gasteiger partial charge is 0.265 e. The van der Waals surface area contributed by atoms with Crippen molar-refractivity contribution in [2.45, 2.75) is 26.7 Å². The molecule has 0 aromatic heterocycles. The summed E-state index contributed by atoms with van der Waals surface area (Å²) < 4.78 is 0. The molecule has 1 heteroatoms. The zero-order valence-electron chi connectivity index (χ0n) is 7.51. The van der Waals surface area contributed by atoms with Crippen molar-refractivity contribution < 1.29 is 0 Å². The second-order valence-electron chi connectivity index (χ2n) is 3.05. The minimum atomic E-state index is 0.740. The Morgan fingerprint density at radius 2 is 2.18 bits per heavy atom. The Bertz CT molecular complexity index is 154. The van der Waals surface area contributed by atoms with Gasteiger partial charge >= 0.3 is 0 Å². The van der Waals surface area contributed by atoms with Crippen LogP contribution in [0.2, 0.25) is 0 Å². The highest BCUT2D eigenvalue weighted by atomic mass is 14.7. The summed E-state index contributed by atoms with van der Waals surface area (Å²) in [5.41, 5.74) is 1.08. The number of allylic oxidation sites excluding steroid dienone is 1. The van der Waals surface area contributed by atoms with Gasteiger partial charge in [-0.3, -0.25) is 4.99 Å². The highest BCUT2D eigenvalue weighted by Gasteiger charge is 1.94. The van der Waals surface area contributed by atoms with Gasteiger partial charge in [0.2, 0.25) is 0 Å². The number of hydrogen-bond acceptors (Lipinski definition) is 1. The van der Waals surface area contributed by atoms with Crippen molar-refractivity contribution in [2.24, 2.45) is 10.9 Å². The third-order valence-electron chi connectivity index (χ3n) is 1.41. The summed E-state index contributed by atoms with van der Waals surface area (Å²) in [6, 6.07) is 0. The van der Waals surface area contributed by atoms with Crippen LogP contribution < -0.4 is 0 Å². The van der Waals surface area contributed by atoms with Crippen LogP contribution >= 0.6 is 0 Å². The lowest BCUT2D eigenvalue weighted by atomic mass is 10.0. The van der Waals surface area contributed by atoms with Crippen LogP contribution in [0.4, 0.5) is 0 Å². The van der Waals surface area contributed by atoms with Crippen LogP contribution in [-0.4, -0.2) is 6.21 Å². The molecule has 0 saturated carbocycles. The molecule has 0 bridgehead atoms. The van der Waals surface area contributed by atoms with Gasteiger partial charge in [-0.1, -0.05) is 27.0 Å². The SMILES string of the molecule is C=CN=CC(=C)CCC(C)C. The van der Waals surface area contributed by atoms with Crippen LogP contribution in [0.15, 0.2) is 29.9 Å². The lowest BCUT2D eigenvalue weighted by Crippen LogP contribution is -1.89. The number of nitrogens with zero attached hydrogens (tertiary/aromatic N) is 1. The minimum absolute atomic E-state index is 0.740. The van der Waals surface area contributed by atoms with E-state index in [2.05, 4.69) is 32.0 Å². The molecule has 0 fully saturated rings. The molecule has 0 aliphatic heterocycles. The van der Waals surface area contributed by atoms with Crippen LogP contribution in [0.1, 0.15) is 26.7 Å². The number of rotatable bonds is 5. The highest BCUT2D eigenvalue weighted by molar-refractivity contribution is 5.77. The van der Waals surface area contributed by atoms with Crippen molar-refractivity contribution in [3.05, 3.63) is 24.9 Å². The average Bonchev–Trinajstić information content (AvgIpc) is 1.97. The molecular formula is C10H17N. The third kappa shape index (κ3) is 7.04. The minimum Gasteiger partial charge on any atom is -0.265 e. The van der Waals surface area contributed by atoms with E-state index in [1.807, 2.05) is 0 Å². The molecule has 0 saturated heterocycles.